The van der Waals surface area contributed by atoms with Crippen LogP contribution in [0.4, 0.5) is 0 Å². The van der Waals surface area contributed by atoms with Gasteiger partial charge < -0.3 is 0 Å². The Morgan fingerprint density at radius 1 is 0.625 bits per heavy atom. The lowest BCUT2D eigenvalue weighted by Gasteiger charge is -2.00. The smallest absolute Gasteiger partial charge is 0.0224 e. The van der Waals surface area contributed by atoms with Gasteiger partial charge in [0.15, 0.2) is 0 Å². The molecule has 2 aromatic carbocycles. The molecule has 16 heavy (non-hydrogen) atoms. The Kier molecular flexibility index (Phi) is 3.21. The second kappa shape index (κ2) is 4.80. The summed E-state index contributed by atoms with van der Waals surface area (Å²) >= 11 is 0. The van der Waals surface area contributed by atoms with E-state index in [4.69, 9.17) is 0 Å². The molecule has 2 rings (SSSR count). The molecule has 78 valence electrons. The summed E-state index contributed by atoms with van der Waals surface area (Å²) in [5.41, 5.74) is 4.37. The molecular weight excluding hydrogens is 192 g/mol. The fourth-order valence-corrected chi connectivity index (χ4v) is 1.57. The van der Waals surface area contributed by atoms with E-state index < -0.39 is 0 Å². The number of rotatable bonds is 2. The fourth-order valence-electron chi connectivity index (χ4n) is 1.57. The summed E-state index contributed by atoms with van der Waals surface area (Å²) in [5, 5.41) is 0. The Hall–Kier alpha value is -1.82. The van der Waals surface area contributed by atoms with Gasteiger partial charge in [-0.15, -0.1) is 0 Å². The highest BCUT2D eigenvalue weighted by Crippen LogP contribution is 2.14. The Morgan fingerprint density at radius 3 is 1.38 bits per heavy atom. The summed E-state index contributed by atoms with van der Waals surface area (Å²) in [6.07, 6.45) is 4.15. The maximum atomic E-state index is 3.99. The molecule has 0 saturated heterocycles. The second-order valence-corrected chi connectivity index (χ2v) is 3.73. The zero-order valence-corrected chi connectivity index (χ0v) is 9.19. The van der Waals surface area contributed by atoms with E-state index in [0.29, 0.717) is 0 Å². The summed E-state index contributed by atoms with van der Waals surface area (Å²) in [6, 6.07) is 16.2. The summed E-state index contributed by atoms with van der Waals surface area (Å²) in [5.74, 6) is 0. The van der Waals surface area contributed by atoms with Gasteiger partial charge in [0, 0.05) is 0 Å². The molecule has 0 N–H and O–H groups in total. The molecule has 2 radical (unpaired) electrons. The molecule has 0 fully saturated rings. The summed E-state index contributed by atoms with van der Waals surface area (Å²) in [6.45, 7) is 7.98. The van der Waals surface area contributed by atoms with Crippen LogP contribution in [0.25, 0.3) is 12.2 Å². The molecule has 0 aliphatic heterocycles. The van der Waals surface area contributed by atoms with E-state index in [1.165, 1.54) is 0 Å². The van der Waals surface area contributed by atoms with Crippen LogP contribution in [0.2, 0.25) is 0 Å². The van der Waals surface area contributed by atoms with Crippen molar-refractivity contribution in [2.24, 2.45) is 0 Å². The molecule has 0 atom stereocenters. The summed E-state index contributed by atoms with van der Waals surface area (Å²) in [4.78, 5) is 0. The predicted molar refractivity (Wildman–Crippen MR) is 70.7 cm³/mol. The maximum absolute atomic E-state index is 3.99. The molecule has 0 amide bonds. The summed E-state index contributed by atoms with van der Waals surface area (Å²) in [7, 11) is 0. The molecule has 0 saturated carbocycles. The first kappa shape index (κ1) is 10.7. The van der Waals surface area contributed by atoms with Crippen molar-refractivity contribution in [1.29, 1.82) is 0 Å². The predicted octanol–water partition coefficient (Wildman–Crippen LogP) is 4.22. The zero-order chi connectivity index (χ0) is 11.4. The van der Waals surface area contributed by atoms with E-state index in [0.717, 1.165) is 22.3 Å². The molecule has 0 unspecified atom stereocenters. The molecule has 0 aromatic heterocycles. The van der Waals surface area contributed by atoms with Crippen molar-refractivity contribution in [3.05, 3.63) is 84.6 Å². The van der Waals surface area contributed by atoms with Crippen molar-refractivity contribution in [2.45, 2.75) is 0 Å². The minimum atomic E-state index is 1.04. The van der Waals surface area contributed by atoms with Crippen molar-refractivity contribution in [2.75, 3.05) is 0 Å². The minimum absolute atomic E-state index is 1.04. The van der Waals surface area contributed by atoms with Gasteiger partial charge in [0.2, 0.25) is 0 Å². The van der Waals surface area contributed by atoms with Gasteiger partial charge in [0.1, 0.15) is 0 Å². The molecule has 2 aromatic rings. The third kappa shape index (κ3) is 2.40. The summed E-state index contributed by atoms with van der Waals surface area (Å²) < 4.78 is 0. The lowest BCUT2D eigenvalue weighted by Crippen LogP contribution is -1.80. The fraction of sp³-hybridized carbons (Fsp3) is 0. The van der Waals surface area contributed by atoms with E-state index in [-0.39, 0.29) is 0 Å². The topological polar surface area (TPSA) is 0 Å². The normalized spacial score (nSPS) is 10.9. The van der Waals surface area contributed by atoms with Gasteiger partial charge in [0.05, 0.1) is 0 Å². The standard InChI is InChI=1S/C16H14/c1-13-7-3-5-9-15(13)11-12-16-10-6-4-8-14(16)2/h3-12H,1-2H2/b12-11+. The Balaban J connectivity index is 2.29. The van der Waals surface area contributed by atoms with Gasteiger partial charge in [-0.3, -0.25) is 0 Å². The number of hydrogen-bond donors (Lipinski definition) is 0. The van der Waals surface area contributed by atoms with Crippen molar-refractivity contribution < 1.29 is 0 Å². The Bertz CT molecular complexity index is 459. The van der Waals surface area contributed by atoms with Gasteiger partial charge in [-0.2, -0.15) is 0 Å². The monoisotopic (exact) mass is 206 g/mol. The van der Waals surface area contributed by atoms with Gasteiger partial charge >= 0.3 is 0 Å². The van der Waals surface area contributed by atoms with Gasteiger partial charge in [0.25, 0.3) is 0 Å². The van der Waals surface area contributed by atoms with E-state index in [9.17, 15) is 0 Å². The first-order chi connectivity index (χ1) is 7.77. The van der Waals surface area contributed by atoms with Crippen LogP contribution >= 0.6 is 0 Å². The average Bonchev–Trinajstić information content (AvgIpc) is 2.30. The van der Waals surface area contributed by atoms with Crippen LogP contribution in [0.1, 0.15) is 22.3 Å². The van der Waals surface area contributed by atoms with E-state index in [1.54, 1.807) is 0 Å². The maximum Gasteiger partial charge on any atom is -0.0224 e. The lowest BCUT2D eigenvalue weighted by molar-refractivity contribution is 1.55. The van der Waals surface area contributed by atoms with Crippen molar-refractivity contribution in [3.63, 3.8) is 0 Å². The lowest BCUT2D eigenvalue weighted by atomic mass is 10.0. The van der Waals surface area contributed by atoms with Gasteiger partial charge in [-0.1, -0.05) is 60.7 Å². The van der Waals surface area contributed by atoms with E-state index in [1.807, 2.05) is 36.4 Å². The molecule has 0 aliphatic carbocycles. The first-order valence-electron chi connectivity index (χ1n) is 5.27. The highest BCUT2D eigenvalue weighted by Gasteiger charge is 1.93. The highest BCUT2D eigenvalue weighted by molar-refractivity contribution is 5.73. The van der Waals surface area contributed by atoms with Crippen molar-refractivity contribution >= 4 is 12.2 Å². The van der Waals surface area contributed by atoms with E-state index >= 15 is 0 Å². The molecule has 0 nitrogen and oxygen atoms in total. The second-order valence-electron chi connectivity index (χ2n) is 3.73. The number of benzene rings is 2. The molecule has 0 heteroatoms. The zero-order valence-electron chi connectivity index (χ0n) is 9.19. The molecule has 0 bridgehead atoms. The minimum Gasteiger partial charge on any atom is -0.0620 e. The van der Waals surface area contributed by atoms with Crippen LogP contribution in [-0.2, 0) is 0 Å². The largest absolute Gasteiger partial charge is 0.0620 e. The van der Waals surface area contributed by atoms with E-state index in [2.05, 4.69) is 38.1 Å². The molecule has 0 heterocycles. The molecule has 0 spiro atoms. The van der Waals surface area contributed by atoms with Gasteiger partial charge in [-0.05, 0) is 36.1 Å². The van der Waals surface area contributed by atoms with Crippen LogP contribution < -0.4 is 0 Å². The highest BCUT2D eigenvalue weighted by atomic mass is 14.0. The third-order valence-corrected chi connectivity index (χ3v) is 2.55. The molecular formula is C16H14. The van der Waals surface area contributed by atoms with Crippen LogP contribution in [0.3, 0.4) is 0 Å². The van der Waals surface area contributed by atoms with Crippen LogP contribution in [0, 0.1) is 13.8 Å². The Morgan fingerprint density at radius 2 is 1.00 bits per heavy atom. The average molecular weight is 206 g/mol. The third-order valence-electron chi connectivity index (χ3n) is 2.55. The van der Waals surface area contributed by atoms with Gasteiger partial charge in [-0.25, -0.2) is 0 Å². The molecule has 0 aliphatic rings. The quantitative estimate of drug-likeness (QED) is 0.645. The van der Waals surface area contributed by atoms with Crippen LogP contribution in [0.15, 0.2) is 48.5 Å². The Labute approximate surface area is 97.3 Å². The van der Waals surface area contributed by atoms with Crippen LogP contribution in [0.5, 0.6) is 0 Å². The first-order valence-corrected chi connectivity index (χ1v) is 5.27. The van der Waals surface area contributed by atoms with Crippen LogP contribution in [-0.4, -0.2) is 0 Å². The van der Waals surface area contributed by atoms with Crippen molar-refractivity contribution in [1.82, 2.24) is 0 Å². The van der Waals surface area contributed by atoms with Crippen molar-refractivity contribution in [3.8, 4) is 0 Å². The SMILES string of the molecule is [CH2]c1ccccc1/C=C/c1ccccc1[CH2]. The number of hydrogen-bond acceptors (Lipinski definition) is 0.